The summed E-state index contributed by atoms with van der Waals surface area (Å²) in [6, 6.07) is 0. The molecule has 0 saturated heterocycles. The molecule has 0 amide bonds. The molecule has 0 heteroatoms. The first-order chi connectivity index (χ1) is 7.65. The van der Waals surface area contributed by atoms with Crippen molar-refractivity contribution in [1.29, 1.82) is 0 Å². The van der Waals surface area contributed by atoms with Crippen LogP contribution in [0.15, 0.2) is 12.2 Å². The van der Waals surface area contributed by atoms with Crippen LogP contribution < -0.4 is 0 Å². The summed E-state index contributed by atoms with van der Waals surface area (Å²) in [7, 11) is 0. The van der Waals surface area contributed by atoms with Crippen molar-refractivity contribution in [3.8, 4) is 0 Å². The Balaban J connectivity index is -0.0000000196. The molecule has 0 atom stereocenters. The Morgan fingerprint density at radius 2 is 0.688 bits per heavy atom. The van der Waals surface area contributed by atoms with E-state index in [1.54, 1.807) is 0 Å². The highest BCUT2D eigenvalue weighted by Gasteiger charge is 1.56. The molecule has 0 aliphatic heterocycles. The summed E-state index contributed by atoms with van der Waals surface area (Å²) in [4.78, 5) is 0. The number of hydrogen-bond acceptors (Lipinski definition) is 0. The second-order valence-corrected chi connectivity index (χ2v) is 2.21. The van der Waals surface area contributed by atoms with Crippen LogP contribution in [0.2, 0.25) is 0 Å². The third-order valence-electron chi connectivity index (χ3n) is 0.500. The second kappa shape index (κ2) is 124. The molecule has 0 rings (SSSR count). The van der Waals surface area contributed by atoms with Gasteiger partial charge in [-0.1, -0.05) is 87.7 Å². The molecule has 0 fully saturated rings. The van der Waals surface area contributed by atoms with Crippen molar-refractivity contribution in [1.82, 2.24) is 0 Å². The molecule has 0 aromatic rings. The van der Waals surface area contributed by atoms with Crippen LogP contribution >= 0.6 is 0 Å². The van der Waals surface area contributed by atoms with E-state index >= 15 is 0 Å². The second-order valence-electron chi connectivity index (χ2n) is 2.21. The van der Waals surface area contributed by atoms with Gasteiger partial charge in [-0.3, -0.25) is 0 Å². The number of rotatable bonds is 1. The number of allylic oxidation sites excluding steroid dienone is 1. The number of unbranched alkanes of at least 4 members (excludes halogenated alkanes) is 1. The van der Waals surface area contributed by atoms with Gasteiger partial charge in [0.2, 0.25) is 0 Å². The van der Waals surface area contributed by atoms with Crippen LogP contribution in [0, 0.1) is 0 Å². The van der Waals surface area contributed by atoms with Crippen LogP contribution in [0.4, 0.5) is 0 Å². The standard InChI is InChI=1S/C4H8.C4H10.4C2H6/c1-4(2)3;1-3-4-2;4*1-2/h1H2,2-3H3;3-4H2,1-2H3;4*1-2H3. The van der Waals surface area contributed by atoms with E-state index in [0.717, 1.165) is 0 Å². The maximum Gasteiger partial charge on any atom is -0.0445 e. The van der Waals surface area contributed by atoms with Crippen LogP contribution in [-0.2, 0) is 0 Å². The maximum absolute atomic E-state index is 3.56. The molecule has 0 aromatic heterocycles. The van der Waals surface area contributed by atoms with Gasteiger partial charge in [0, 0.05) is 0 Å². The van der Waals surface area contributed by atoms with Crippen LogP contribution in [-0.4, -0.2) is 0 Å². The molecule has 0 unspecified atom stereocenters. The zero-order valence-corrected chi connectivity index (χ0v) is 14.6. The van der Waals surface area contributed by atoms with Gasteiger partial charge in [-0.2, -0.15) is 0 Å². The summed E-state index contributed by atoms with van der Waals surface area (Å²) in [5, 5.41) is 0. The lowest BCUT2D eigenvalue weighted by Gasteiger charge is -1.68. The van der Waals surface area contributed by atoms with Crippen LogP contribution in [0.1, 0.15) is 95.9 Å². The van der Waals surface area contributed by atoms with Gasteiger partial charge in [0.1, 0.15) is 0 Å². The van der Waals surface area contributed by atoms with E-state index in [2.05, 4.69) is 20.4 Å². The molecular weight excluding hydrogens is 192 g/mol. The average molecular weight is 235 g/mol. The minimum atomic E-state index is 1.17. The van der Waals surface area contributed by atoms with Gasteiger partial charge in [-0.15, -0.1) is 6.58 Å². The summed E-state index contributed by atoms with van der Waals surface area (Å²) >= 11 is 0. The smallest absolute Gasteiger partial charge is 0.0445 e. The lowest BCUT2D eigenvalue weighted by molar-refractivity contribution is 0.886. The largest absolute Gasteiger partial charge is 0.100 e. The molecule has 0 aliphatic carbocycles. The predicted molar refractivity (Wildman–Crippen MR) is 86.5 cm³/mol. The first-order valence-corrected chi connectivity index (χ1v) is 7.27. The molecule has 0 aliphatic rings. The van der Waals surface area contributed by atoms with Gasteiger partial charge >= 0.3 is 0 Å². The van der Waals surface area contributed by atoms with E-state index in [-0.39, 0.29) is 0 Å². The summed E-state index contributed by atoms with van der Waals surface area (Å²) in [6.45, 7) is 27.9. The summed E-state index contributed by atoms with van der Waals surface area (Å²) in [6.07, 6.45) is 2.64. The minimum absolute atomic E-state index is 1.17. The van der Waals surface area contributed by atoms with Gasteiger partial charge in [0.15, 0.2) is 0 Å². The van der Waals surface area contributed by atoms with E-state index in [9.17, 15) is 0 Å². The van der Waals surface area contributed by atoms with Gasteiger partial charge in [0.25, 0.3) is 0 Å². The quantitative estimate of drug-likeness (QED) is 0.412. The van der Waals surface area contributed by atoms with Crippen molar-refractivity contribution in [3.63, 3.8) is 0 Å². The lowest BCUT2D eigenvalue weighted by atomic mass is 10.4. The molecule has 0 spiro atoms. The van der Waals surface area contributed by atoms with Crippen molar-refractivity contribution >= 4 is 0 Å². The molecule has 0 aromatic carbocycles. The SMILES string of the molecule is C=C(C)C.CC.CC.CC.CC.CCCC. The maximum atomic E-state index is 3.56. The van der Waals surface area contributed by atoms with Crippen LogP contribution in [0.3, 0.4) is 0 Å². The van der Waals surface area contributed by atoms with E-state index in [0.29, 0.717) is 0 Å². The van der Waals surface area contributed by atoms with E-state index < -0.39 is 0 Å². The Kier molecular flexibility index (Phi) is 279. The van der Waals surface area contributed by atoms with Gasteiger partial charge in [-0.25, -0.2) is 0 Å². The van der Waals surface area contributed by atoms with E-state index in [1.165, 1.54) is 18.4 Å². The first-order valence-electron chi connectivity index (χ1n) is 7.27. The number of hydrogen-bond donors (Lipinski definition) is 0. The van der Waals surface area contributed by atoms with Crippen molar-refractivity contribution in [2.24, 2.45) is 0 Å². The minimum Gasteiger partial charge on any atom is -0.100 e. The highest BCUT2D eigenvalue weighted by atomic mass is 13.6. The molecule has 16 heavy (non-hydrogen) atoms. The topological polar surface area (TPSA) is 0 Å². The highest BCUT2D eigenvalue weighted by molar-refractivity contribution is 4.78. The predicted octanol–water partition coefficient (Wildman–Crippen LogP) is 7.49. The third kappa shape index (κ3) is 4070. The normalized spacial score (nSPS) is 5.00. The van der Waals surface area contributed by atoms with E-state index in [1.807, 2.05) is 69.2 Å². The van der Waals surface area contributed by atoms with Gasteiger partial charge < -0.3 is 0 Å². The van der Waals surface area contributed by atoms with Crippen LogP contribution in [0.25, 0.3) is 0 Å². The molecule has 0 bridgehead atoms. The fourth-order valence-electron chi connectivity index (χ4n) is 0. The Hall–Kier alpha value is -0.260. The molecular formula is C16H42. The molecule has 106 valence electrons. The van der Waals surface area contributed by atoms with Gasteiger partial charge in [0.05, 0.1) is 0 Å². The first kappa shape index (κ1) is 36.0. The summed E-state index contributed by atoms with van der Waals surface area (Å²) < 4.78 is 0. The van der Waals surface area contributed by atoms with E-state index in [4.69, 9.17) is 0 Å². The monoisotopic (exact) mass is 234 g/mol. The lowest BCUT2D eigenvalue weighted by Crippen LogP contribution is -1.47. The average Bonchev–Trinajstić information content (AvgIpc) is 2.38. The molecule has 0 nitrogen and oxygen atoms in total. The molecule has 0 radical (unpaired) electrons. The highest BCUT2D eigenvalue weighted by Crippen LogP contribution is 1.76. The summed E-state index contributed by atoms with van der Waals surface area (Å²) in [5.41, 5.74) is 1.17. The Morgan fingerprint density at radius 3 is 0.688 bits per heavy atom. The molecule has 0 N–H and O–H groups in total. The van der Waals surface area contributed by atoms with Gasteiger partial charge in [-0.05, 0) is 13.8 Å². The molecule has 0 saturated carbocycles. The zero-order valence-electron chi connectivity index (χ0n) is 14.6. The van der Waals surface area contributed by atoms with Crippen molar-refractivity contribution in [2.45, 2.75) is 95.9 Å². The fourth-order valence-corrected chi connectivity index (χ4v) is 0. The van der Waals surface area contributed by atoms with Crippen LogP contribution in [0.5, 0.6) is 0 Å². The zero-order chi connectivity index (χ0) is 15.0. The third-order valence-corrected chi connectivity index (χ3v) is 0.500. The van der Waals surface area contributed by atoms with Crippen molar-refractivity contribution in [2.75, 3.05) is 0 Å². The Labute approximate surface area is 109 Å². The summed E-state index contributed by atoms with van der Waals surface area (Å²) in [5.74, 6) is 0. The molecule has 0 heterocycles. The van der Waals surface area contributed by atoms with Crippen molar-refractivity contribution < 1.29 is 0 Å². The fraction of sp³-hybridized carbons (Fsp3) is 0.875. The van der Waals surface area contributed by atoms with Crippen molar-refractivity contribution in [3.05, 3.63) is 12.2 Å². The Bertz CT molecular complexity index is 38.0. The Morgan fingerprint density at radius 1 is 0.625 bits per heavy atom.